The van der Waals surface area contributed by atoms with Crippen LogP contribution in [0.1, 0.15) is 19.8 Å². The van der Waals surface area contributed by atoms with Crippen LogP contribution >= 0.6 is 23.1 Å². The number of halogens is 2. The second-order valence-corrected chi connectivity index (χ2v) is 8.93. The van der Waals surface area contributed by atoms with Crippen LogP contribution in [0.4, 0.5) is 19.6 Å². The van der Waals surface area contributed by atoms with Crippen LogP contribution < -0.4 is 10.2 Å². The predicted octanol–water partition coefficient (Wildman–Crippen LogP) is 4.33. The predicted molar refractivity (Wildman–Crippen MR) is 112 cm³/mol. The van der Waals surface area contributed by atoms with Crippen molar-refractivity contribution in [1.82, 2.24) is 15.0 Å². The Morgan fingerprint density at radius 2 is 2.21 bits per heavy atom. The summed E-state index contributed by atoms with van der Waals surface area (Å²) < 4.78 is 27.1. The number of benzene rings is 1. The molecule has 0 aliphatic carbocycles. The number of thiazole rings is 1. The molecule has 1 aliphatic rings. The number of carbonyl (C=O) groups is 1. The summed E-state index contributed by atoms with van der Waals surface area (Å²) in [5, 5.41) is 4.17. The summed E-state index contributed by atoms with van der Waals surface area (Å²) in [7, 11) is 0. The van der Waals surface area contributed by atoms with E-state index in [0.717, 1.165) is 41.5 Å². The highest BCUT2D eigenvalue weighted by atomic mass is 32.2. The highest BCUT2D eigenvalue weighted by molar-refractivity contribution is 8.00. The van der Waals surface area contributed by atoms with Crippen LogP contribution in [0.3, 0.4) is 0 Å². The lowest BCUT2D eigenvalue weighted by Crippen LogP contribution is -2.34. The van der Waals surface area contributed by atoms with Crippen LogP contribution in [0.2, 0.25) is 0 Å². The number of nitrogens with one attached hydrogen (secondary N) is 1. The second kappa shape index (κ2) is 8.58. The molecular weight excluding hydrogens is 416 g/mol. The highest BCUT2D eigenvalue weighted by Gasteiger charge is 2.21. The molecule has 0 radical (unpaired) electrons. The minimum absolute atomic E-state index is 0.0824. The largest absolute Gasteiger partial charge is 0.348 e. The van der Waals surface area contributed by atoms with Crippen molar-refractivity contribution in [2.45, 2.75) is 24.8 Å². The van der Waals surface area contributed by atoms with E-state index < -0.39 is 11.6 Å². The molecule has 3 aromatic rings. The first-order chi connectivity index (χ1) is 14.0. The molecule has 0 spiro atoms. The third-order valence-electron chi connectivity index (χ3n) is 4.62. The third kappa shape index (κ3) is 4.64. The number of piperidine rings is 1. The van der Waals surface area contributed by atoms with Crippen molar-refractivity contribution in [3.05, 3.63) is 36.2 Å². The van der Waals surface area contributed by atoms with Gasteiger partial charge in [0.05, 0.1) is 5.75 Å². The Balaban J connectivity index is 1.44. The van der Waals surface area contributed by atoms with Gasteiger partial charge in [0, 0.05) is 24.8 Å². The molecule has 10 heteroatoms. The Morgan fingerprint density at radius 1 is 1.34 bits per heavy atom. The Kier molecular flexibility index (Phi) is 5.91. The van der Waals surface area contributed by atoms with Crippen LogP contribution in [0.5, 0.6) is 0 Å². The van der Waals surface area contributed by atoms with Gasteiger partial charge in [-0.25, -0.2) is 18.7 Å². The van der Waals surface area contributed by atoms with E-state index in [0.29, 0.717) is 16.6 Å². The molecule has 1 N–H and O–H groups in total. The molecule has 4 rings (SSSR count). The minimum atomic E-state index is -1.00. The van der Waals surface area contributed by atoms with Crippen molar-refractivity contribution in [2.75, 3.05) is 29.1 Å². The molecule has 0 unspecified atom stereocenters. The lowest BCUT2D eigenvalue weighted by molar-refractivity contribution is -0.113. The van der Waals surface area contributed by atoms with E-state index >= 15 is 0 Å². The first-order valence-corrected chi connectivity index (χ1v) is 11.0. The molecule has 6 nitrogen and oxygen atoms in total. The van der Waals surface area contributed by atoms with E-state index in [4.69, 9.17) is 0 Å². The van der Waals surface area contributed by atoms with Crippen LogP contribution in [0.15, 0.2) is 29.6 Å². The SMILES string of the molecule is C[C@@H]1CCCN(c2nc3ncnc(SCC(=O)Nc4ccc(F)c(F)c4)c3s2)C1. The van der Waals surface area contributed by atoms with Crippen molar-refractivity contribution in [3.63, 3.8) is 0 Å². The van der Waals surface area contributed by atoms with Gasteiger partial charge in [0.25, 0.3) is 0 Å². The minimum Gasteiger partial charge on any atom is -0.348 e. The number of aromatic nitrogens is 3. The zero-order valence-electron chi connectivity index (χ0n) is 15.7. The normalized spacial score (nSPS) is 16.9. The molecular formula is C19H19F2N5OS2. The number of rotatable bonds is 5. The van der Waals surface area contributed by atoms with Gasteiger partial charge in [0.1, 0.15) is 16.1 Å². The van der Waals surface area contributed by atoms with E-state index in [-0.39, 0.29) is 17.3 Å². The summed E-state index contributed by atoms with van der Waals surface area (Å²) in [6.45, 7) is 4.20. The molecule has 1 fully saturated rings. The number of anilines is 2. The van der Waals surface area contributed by atoms with Crippen molar-refractivity contribution >= 4 is 50.2 Å². The molecule has 3 heterocycles. The zero-order valence-corrected chi connectivity index (χ0v) is 17.3. The van der Waals surface area contributed by atoms with E-state index in [1.54, 1.807) is 0 Å². The summed E-state index contributed by atoms with van der Waals surface area (Å²) in [4.78, 5) is 27.7. The van der Waals surface area contributed by atoms with Gasteiger partial charge in [-0.15, -0.1) is 0 Å². The maximum Gasteiger partial charge on any atom is 0.234 e. The average Bonchev–Trinajstić information content (AvgIpc) is 3.14. The number of fused-ring (bicyclic) bond motifs is 1. The Hall–Kier alpha value is -2.33. The van der Waals surface area contributed by atoms with Gasteiger partial charge in [0.15, 0.2) is 22.4 Å². The second-order valence-electron chi connectivity index (χ2n) is 6.99. The van der Waals surface area contributed by atoms with E-state index in [1.165, 1.54) is 41.9 Å². The Morgan fingerprint density at radius 3 is 3.00 bits per heavy atom. The summed E-state index contributed by atoms with van der Waals surface area (Å²) in [6, 6.07) is 3.25. The number of hydrogen-bond acceptors (Lipinski definition) is 7. The Labute approximate surface area is 174 Å². The van der Waals surface area contributed by atoms with Gasteiger partial charge >= 0.3 is 0 Å². The van der Waals surface area contributed by atoms with Gasteiger partial charge in [0.2, 0.25) is 5.91 Å². The maximum absolute atomic E-state index is 13.3. The van der Waals surface area contributed by atoms with E-state index in [1.807, 2.05) is 0 Å². The molecule has 152 valence electrons. The lowest BCUT2D eigenvalue weighted by atomic mass is 10.0. The van der Waals surface area contributed by atoms with Crippen molar-refractivity contribution in [3.8, 4) is 0 Å². The van der Waals surface area contributed by atoms with Gasteiger partial charge in [-0.05, 0) is 30.9 Å². The van der Waals surface area contributed by atoms with Crippen molar-refractivity contribution in [2.24, 2.45) is 5.92 Å². The molecule has 2 aromatic heterocycles. The fraction of sp³-hybridized carbons (Fsp3) is 0.368. The lowest BCUT2D eigenvalue weighted by Gasteiger charge is -2.30. The third-order valence-corrected chi connectivity index (χ3v) is 6.85. The van der Waals surface area contributed by atoms with Crippen LogP contribution in [-0.2, 0) is 4.79 Å². The topological polar surface area (TPSA) is 71.0 Å². The van der Waals surface area contributed by atoms with Crippen molar-refractivity contribution < 1.29 is 13.6 Å². The average molecular weight is 436 g/mol. The highest BCUT2D eigenvalue weighted by Crippen LogP contribution is 2.35. The van der Waals surface area contributed by atoms with E-state index in [9.17, 15) is 13.6 Å². The fourth-order valence-corrected chi connectivity index (χ4v) is 5.15. The summed E-state index contributed by atoms with van der Waals surface area (Å²) >= 11 is 2.80. The first-order valence-electron chi connectivity index (χ1n) is 9.24. The summed E-state index contributed by atoms with van der Waals surface area (Å²) in [5.74, 6) is -1.57. The van der Waals surface area contributed by atoms with Crippen molar-refractivity contribution in [1.29, 1.82) is 0 Å². The number of carbonyl (C=O) groups excluding carboxylic acids is 1. The van der Waals surface area contributed by atoms with Gasteiger partial charge in [-0.1, -0.05) is 30.0 Å². The summed E-state index contributed by atoms with van der Waals surface area (Å²) in [5.41, 5.74) is 0.836. The number of thioether (sulfide) groups is 1. The first kappa shape index (κ1) is 20.0. The number of nitrogens with zero attached hydrogens (tertiary/aromatic N) is 4. The van der Waals surface area contributed by atoms with Gasteiger partial charge in [-0.3, -0.25) is 4.79 Å². The number of amides is 1. The monoisotopic (exact) mass is 435 g/mol. The molecule has 29 heavy (non-hydrogen) atoms. The molecule has 1 atom stereocenters. The molecule has 1 aliphatic heterocycles. The summed E-state index contributed by atoms with van der Waals surface area (Å²) in [6.07, 6.45) is 3.82. The molecule has 0 bridgehead atoms. The van der Waals surface area contributed by atoms with E-state index in [2.05, 4.69) is 32.1 Å². The van der Waals surface area contributed by atoms with Crippen LogP contribution in [0.25, 0.3) is 10.3 Å². The smallest absolute Gasteiger partial charge is 0.234 e. The van der Waals surface area contributed by atoms with Crippen LogP contribution in [-0.4, -0.2) is 39.7 Å². The molecule has 0 saturated carbocycles. The molecule has 1 aromatic carbocycles. The zero-order chi connectivity index (χ0) is 20.4. The van der Waals surface area contributed by atoms with Gasteiger partial charge < -0.3 is 10.2 Å². The maximum atomic E-state index is 13.3. The number of hydrogen-bond donors (Lipinski definition) is 1. The Bertz CT molecular complexity index is 1040. The molecule has 1 amide bonds. The van der Waals surface area contributed by atoms with Crippen LogP contribution in [0, 0.1) is 17.6 Å². The fourth-order valence-electron chi connectivity index (χ4n) is 3.23. The quantitative estimate of drug-likeness (QED) is 0.475. The molecule has 1 saturated heterocycles. The standard InChI is InChI=1S/C19H19F2N5OS2/c1-11-3-2-6-26(8-11)19-25-17-16(29-19)18(23-10-22-17)28-9-15(27)24-12-4-5-13(20)14(21)7-12/h4-5,7,10-11H,2-3,6,8-9H2,1H3,(H,24,27)/t11-/m1/s1. The van der Waals surface area contributed by atoms with Gasteiger partial charge in [-0.2, -0.15) is 4.98 Å².